The van der Waals surface area contributed by atoms with Crippen molar-refractivity contribution in [2.24, 2.45) is 7.05 Å². The molecule has 2 aromatic heterocycles. The monoisotopic (exact) mass is 483 g/mol. The Hall–Kier alpha value is -3.63. The number of nitrogens with zero attached hydrogens (tertiary/aromatic N) is 4. The van der Waals surface area contributed by atoms with E-state index in [0.29, 0.717) is 39.4 Å². The number of benzene rings is 1. The number of carbonyl (C=O) groups is 1. The zero-order valence-electron chi connectivity index (χ0n) is 19.1. The van der Waals surface area contributed by atoms with Gasteiger partial charge in [0.25, 0.3) is 5.91 Å². The SMILES string of the molecule is C=C(/C=C\C(C(=O)NC1(CO)CC1)=C(/C)OC)c1nc(Nc2ccc3[nH]ncc3c2Cl)n(C)n1. The molecule has 0 saturated heterocycles. The predicted molar refractivity (Wildman–Crippen MR) is 130 cm³/mol. The van der Waals surface area contributed by atoms with Crippen LogP contribution in [0.5, 0.6) is 0 Å². The molecule has 1 fully saturated rings. The Morgan fingerprint density at radius 3 is 2.85 bits per heavy atom. The zero-order chi connectivity index (χ0) is 24.5. The number of aryl methyl sites for hydroxylation is 1. The van der Waals surface area contributed by atoms with Gasteiger partial charge in [0.2, 0.25) is 5.95 Å². The maximum absolute atomic E-state index is 12.8. The average Bonchev–Trinajstić information content (AvgIpc) is 3.24. The first kappa shape index (κ1) is 23.5. The molecule has 11 heteroatoms. The van der Waals surface area contributed by atoms with Gasteiger partial charge in [-0.25, -0.2) is 4.68 Å². The number of amides is 1. The van der Waals surface area contributed by atoms with E-state index in [1.165, 1.54) is 7.11 Å². The van der Waals surface area contributed by atoms with E-state index in [0.717, 1.165) is 23.7 Å². The Bertz CT molecular complexity index is 1320. The molecule has 1 aromatic carbocycles. The topological polar surface area (TPSA) is 130 Å². The number of anilines is 2. The second kappa shape index (κ2) is 9.32. The smallest absolute Gasteiger partial charge is 0.255 e. The number of nitrogens with one attached hydrogen (secondary N) is 3. The van der Waals surface area contributed by atoms with Crippen LogP contribution in [0.2, 0.25) is 5.02 Å². The number of methoxy groups -OCH3 is 1. The van der Waals surface area contributed by atoms with Crippen LogP contribution < -0.4 is 10.6 Å². The highest BCUT2D eigenvalue weighted by atomic mass is 35.5. The van der Waals surface area contributed by atoms with E-state index in [2.05, 4.69) is 37.5 Å². The molecule has 1 aliphatic carbocycles. The van der Waals surface area contributed by atoms with Gasteiger partial charge in [-0.2, -0.15) is 10.1 Å². The maximum atomic E-state index is 12.8. The average molecular weight is 484 g/mol. The molecule has 4 rings (SSSR count). The molecule has 1 saturated carbocycles. The maximum Gasteiger partial charge on any atom is 0.255 e. The fourth-order valence-corrected chi connectivity index (χ4v) is 3.59. The van der Waals surface area contributed by atoms with E-state index >= 15 is 0 Å². The number of rotatable bonds is 9. The minimum absolute atomic E-state index is 0.0976. The largest absolute Gasteiger partial charge is 0.501 e. The van der Waals surface area contributed by atoms with E-state index < -0.39 is 5.54 Å². The summed E-state index contributed by atoms with van der Waals surface area (Å²) in [7, 11) is 3.24. The fraction of sp³-hybridized carbons (Fsp3) is 0.304. The Morgan fingerprint density at radius 2 is 2.18 bits per heavy atom. The summed E-state index contributed by atoms with van der Waals surface area (Å²) in [6, 6.07) is 3.70. The molecule has 0 bridgehead atoms. The molecular weight excluding hydrogens is 458 g/mol. The Morgan fingerprint density at radius 1 is 1.41 bits per heavy atom. The lowest BCUT2D eigenvalue weighted by Crippen LogP contribution is -2.40. The van der Waals surface area contributed by atoms with E-state index in [4.69, 9.17) is 16.3 Å². The quantitative estimate of drug-likeness (QED) is 0.209. The number of aromatic amines is 1. The number of H-pyrrole nitrogens is 1. The normalized spacial score (nSPS) is 15.3. The minimum atomic E-state index is -0.537. The first-order valence-corrected chi connectivity index (χ1v) is 11.0. The van der Waals surface area contributed by atoms with Crippen LogP contribution in [-0.2, 0) is 16.6 Å². The van der Waals surface area contributed by atoms with Gasteiger partial charge in [0.05, 0.1) is 47.3 Å². The number of ether oxygens (including phenoxy) is 1. The van der Waals surface area contributed by atoms with Crippen LogP contribution in [0, 0.1) is 0 Å². The van der Waals surface area contributed by atoms with Gasteiger partial charge in [-0.15, -0.1) is 5.10 Å². The molecular formula is C23H26ClN7O3. The number of halogens is 1. The lowest BCUT2D eigenvalue weighted by Gasteiger charge is -2.15. The van der Waals surface area contributed by atoms with Crippen LogP contribution in [0.15, 0.2) is 48.4 Å². The molecule has 0 radical (unpaired) electrons. The second-order valence-electron chi connectivity index (χ2n) is 8.19. The standard InChI is InChI=1S/C23H26ClN7O3/c1-13(5-6-15(14(2)34-4)21(33)28-23(12-32)9-10-23)20-27-22(31(3)30-20)26-18-8-7-17-16(19(18)24)11-25-29-17/h5-8,11,32H,1,9-10,12H2,2-4H3,(H,25,29)(H,28,33)(H,26,27,30)/b6-5-,15-14-. The van der Waals surface area contributed by atoms with Crippen LogP contribution in [0.4, 0.5) is 11.6 Å². The molecule has 3 aromatic rings. The zero-order valence-corrected chi connectivity index (χ0v) is 19.9. The van der Waals surface area contributed by atoms with Gasteiger partial charge >= 0.3 is 0 Å². The first-order valence-electron chi connectivity index (χ1n) is 10.6. The number of aliphatic hydroxyl groups is 1. The number of carbonyl (C=O) groups excluding carboxylic acids is 1. The molecule has 1 amide bonds. The Balaban J connectivity index is 1.51. The molecule has 4 N–H and O–H groups in total. The van der Waals surface area contributed by atoms with Crippen LogP contribution in [-0.4, -0.2) is 55.2 Å². The van der Waals surface area contributed by atoms with E-state index in [1.807, 2.05) is 12.1 Å². The highest BCUT2D eigenvalue weighted by molar-refractivity contribution is 6.38. The summed E-state index contributed by atoms with van der Waals surface area (Å²) in [4.78, 5) is 17.3. The summed E-state index contributed by atoms with van der Waals surface area (Å²) in [5.74, 6) is 0.964. The molecule has 0 aliphatic heterocycles. The van der Waals surface area contributed by atoms with Gasteiger partial charge in [-0.3, -0.25) is 9.89 Å². The third-order valence-corrected chi connectivity index (χ3v) is 6.18. The number of fused-ring (bicyclic) bond motifs is 1. The fourth-order valence-electron chi connectivity index (χ4n) is 3.33. The predicted octanol–water partition coefficient (Wildman–Crippen LogP) is 3.22. The molecule has 178 valence electrons. The van der Waals surface area contributed by atoms with E-state index in [1.54, 1.807) is 37.0 Å². The summed E-state index contributed by atoms with van der Waals surface area (Å²) < 4.78 is 6.85. The number of hydrogen-bond donors (Lipinski definition) is 4. The molecule has 34 heavy (non-hydrogen) atoms. The third-order valence-electron chi connectivity index (χ3n) is 5.77. The van der Waals surface area contributed by atoms with Gasteiger partial charge < -0.3 is 20.5 Å². The van der Waals surface area contributed by atoms with Gasteiger partial charge in [0.1, 0.15) is 5.76 Å². The summed E-state index contributed by atoms with van der Waals surface area (Å²) in [6.45, 7) is 5.63. The van der Waals surface area contributed by atoms with Crippen molar-refractivity contribution in [2.75, 3.05) is 19.0 Å². The van der Waals surface area contributed by atoms with Gasteiger partial charge in [-0.1, -0.05) is 24.3 Å². The lowest BCUT2D eigenvalue weighted by atomic mass is 10.1. The van der Waals surface area contributed by atoms with Crippen molar-refractivity contribution in [3.63, 3.8) is 0 Å². The number of hydrogen-bond acceptors (Lipinski definition) is 7. The highest BCUT2D eigenvalue weighted by Gasteiger charge is 2.43. The van der Waals surface area contributed by atoms with Crippen LogP contribution >= 0.6 is 11.6 Å². The van der Waals surface area contributed by atoms with Crippen molar-refractivity contribution in [1.29, 1.82) is 0 Å². The second-order valence-corrected chi connectivity index (χ2v) is 8.57. The Labute approximate surface area is 201 Å². The van der Waals surface area contributed by atoms with E-state index in [9.17, 15) is 9.90 Å². The van der Waals surface area contributed by atoms with Crippen LogP contribution in [0.1, 0.15) is 25.6 Å². The molecule has 0 atom stereocenters. The summed E-state index contributed by atoms with van der Waals surface area (Å²) in [5.41, 5.74) is 1.79. The highest BCUT2D eigenvalue weighted by Crippen LogP contribution is 2.35. The lowest BCUT2D eigenvalue weighted by molar-refractivity contribution is -0.118. The van der Waals surface area contributed by atoms with Crippen LogP contribution in [0.3, 0.4) is 0 Å². The van der Waals surface area contributed by atoms with E-state index in [-0.39, 0.29) is 12.5 Å². The molecule has 0 unspecified atom stereocenters. The molecule has 2 heterocycles. The Kier molecular flexibility index (Phi) is 6.45. The summed E-state index contributed by atoms with van der Waals surface area (Å²) in [6.07, 6.45) is 6.41. The third kappa shape index (κ3) is 4.68. The summed E-state index contributed by atoms with van der Waals surface area (Å²) in [5, 5.41) is 28.2. The minimum Gasteiger partial charge on any atom is -0.501 e. The van der Waals surface area contributed by atoms with Crippen LogP contribution in [0.25, 0.3) is 16.5 Å². The van der Waals surface area contributed by atoms with Crippen molar-refractivity contribution in [2.45, 2.75) is 25.3 Å². The molecule has 10 nitrogen and oxygen atoms in total. The number of aromatic nitrogens is 5. The van der Waals surface area contributed by atoms with Gasteiger partial charge in [0.15, 0.2) is 5.82 Å². The van der Waals surface area contributed by atoms with Crippen molar-refractivity contribution >= 4 is 45.6 Å². The van der Waals surface area contributed by atoms with Crippen molar-refractivity contribution in [3.8, 4) is 0 Å². The first-order chi connectivity index (χ1) is 16.3. The van der Waals surface area contributed by atoms with Gasteiger partial charge in [-0.05, 0) is 38.0 Å². The molecule has 0 spiro atoms. The van der Waals surface area contributed by atoms with Crippen molar-refractivity contribution < 1.29 is 14.6 Å². The summed E-state index contributed by atoms with van der Waals surface area (Å²) >= 11 is 6.49. The molecule has 1 aliphatic rings. The number of aliphatic hydroxyl groups excluding tert-OH is 1. The van der Waals surface area contributed by atoms with Gasteiger partial charge in [0, 0.05) is 18.0 Å². The van der Waals surface area contributed by atoms with Crippen molar-refractivity contribution in [3.05, 3.63) is 59.2 Å². The van der Waals surface area contributed by atoms with Crippen molar-refractivity contribution in [1.82, 2.24) is 30.3 Å². The number of allylic oxidation sites excluding steroid dienone is 3.